The number of terminal acetylenes is 1. The summed E-state index contributed by atoms with van der Waals surface area (Å²) in [7, 11) is -3.81. The Balaban J connectivity index is 1.89. The van der Waals surface area contributed by atoms with Crippen molar-refractivity contribution >= 4 is 21.8 Å². The molecule has 258 valence electrons. The summed E-state index contributed by atoms with van der Waals surface area (Å²) >= 11 is 0. The van der Waals surface area contributed by atoms with Crippen LogP contribution in [0.5, 0.6) is 5.75 Å². The predicted octanol–water partition coefficient (Wildman–Crippen LogP) is 4.47. The van der Waals surface area contributed by atoms with Crippen molar-refractivity contribution in [3.05, 3.63) is 101 Å². The number of amides is 2. The molecule has 0 aromatic heterocycles. The number of unbranched alkanes of at least 4 members (excludes halogenated alkanes) is 1. The Hall–Kier alpha value is -4.21. The highest BCUT2D eigenvalue weighted by molar-refractivity contribution is 7.88. The second kappa shape index (κ2) is 19.0. The number of carbonyl (C=O) groups is 2. The van der Waals surface area contributed by atoms with E-state index >= 15 is 0 Å². The summed E-state index contributed by atoms with van der Waals surface area (Å²) in [5, 5.41) is 25.8. The lowest BCUT2D eigenvalue weighted by atomic mass is 9.99. The van der Waals surface area contributed by atoms with Crippen molar-refractivity contribution in [2.75, 3.05) is 26.2 Å². The van der Waals surface area contributed by atoms with Gasteiger partial charge in [0, 0.05) is 42.9 Å². The Bertz CT molecular complexity index is 1620. The number of hydrogen-bond donors (Lipinski definition) is 4. The first-order chi connectivity index (χ1) is 23.0. The molecule has 2 atom stereocenters. The van der Waals surface area contributed by atoms with E-state index in [9.17, 15) is 28.2 Å². The highest BCUT2D eigenvalue weighted by Gasteiger charge is 2.27. The molecule has 0 radical (unpaired) electrons. The number of aromatic hydroxyl groups is 1. The fourth-order valence-corrected chi connectivity index (χ4v) is 6.58. The first-order valence-corrected chi connectivity index (χ1v) is 18.1. The first kappa shape index (κ1) is 38.2. The normalized spacial score (nSPS) is 12.7. The van der Waals surface area contributed by atoms with Crippen LogP contribution >= 0.6 is 0 Å². The van der Waals surface area contributed by atoms with Crippen molar-refractivity contribution in [3.8, 4) is 18.1 Å². The van der Waals surface area contributed by atoms with Crippen LogP contribution < -0.4 is 10.1 Å². The van der Waals surface area contributed by atoms with Gasteiger partial charge in [-0.1, -0.05) is 75.6 Å². The summed E-state index contributed by atoms with van der Waals surface area (Å²) in [4.78, 5) is 31.5. The van der Waals surface area contributed by atoms with Crippen molar-refractivity contribution in [2.24, 2.45) is 0 Å². The van der Waals surface area contributed by atoms with E-state index in [1.807, 2.05) is 26.8 Å². The zero-order chi connectivity index (χ0) is 35.1. The number of aliphatic hydroxyl groups excluding tert-OH is 1. The second-order valence-electron chi connectivity index (χ2n) is 11.9. The van der Waals surface area contributed by atoms with Gasteiger partial charge in [0.15, 0.2) is 0 Å². The summed E-state index contributed by atoms with van der Waals surface area (Å²) in [6, 6.07) is 18.9. The zero-order valence-corrected chi connectivity index (χ0v) is 28.9. The van der Waals surface area contributed by atoms with E-state index in [1.54, 1.807) is 47.4 Å². The lowest BCUT2D eigenvalue weighted by molar-refractivity contribution is 0.0614. The van der Waals surface area contributed by atoms with Crippen LogP contribution in [0.4, 0.5) is 0 Å². The summed E-state index contributed by atoms with van der Waals surface area (Å²) < 4.78 is 26.2. The fourth-order valence-electron chi connectivity index (χ4n) is 5.32. The lowest BCUT2D eigenvalue weighted by Crippen LogP contribution is -2.53. The van der Waals surface area contributed by atoms with Gasteiger partial charge in [-0.05, 0) is 67.1 Å². The summed E-state index contributed by atoms with van der Waals surface area (Å²) in [6.45, 7) is 7.32. The number of carbonyl (C=O) groups excluding carboxylic acids is 2. The van der Waals surface area contributed by atoms with E-state index in [0.29, 0.717) is 42.7 Å². The fraction of sp³-hybridized carbons (Fsp3) is 0.405. The number of benzene rings is 3. The highest BCUT2D eigenvalue weighted by Crippen LogP contribution is 2.17. The monoisotopic (exact) mass is 676 g/mol. The molecule has 2 unspecified atom stereocenters. The maximum Gasteiger partial charge on any atom is 0.253 e. The smallest absolute Gasteiger partial charge is 0.253 e. The van der Waals surface area contributed by atoms with Gasteiger partial charge >= 0.3 is 0 Å². The van der Waals surface area contributed by atoms with Gasteiger partial charge in [0.25, 0.3) is 11.8 Å². The maximum absolute atomic E-state index is 13.8. The molecule has 0 saturated heterocycles. The van der Waals surface area contributed by atoms with Crippen molar-refractivity contribution in [1.29, 1.82) is 0 Å². The minimum Gasteiger partial charge on any atom is -0.508 e. The molecule has 2 amide bonds. The molecule has 0 spiro atoms. The molecule has 0 aliphatic carbocycles. The Kier molecular flexibility index (Phi) is 15.1. The lowest BCUT2D eigenvalue weighted by Gasteiger charge is -2.30. The van der Waals surface area contributed by atoms with Gasteiger partial charge in [0.2, 0.25) is 10.0 Å². The number of nitrogens with zero attached hydrogens (tertiary/aromatic N) is 2. The molecule has 3 aromatic carbocycles. The van der Waals surface area contributed by atoms with Gasteiger partial charge in [-0.15, -0.1) is 11.3 Å². The largest absolute Gasteiger partial charge is 0.508 e. The summed E-state index contributed by atoms with van der Waals surface area (Å²) in [5.41, 5.74) is 2.18. The standard InChI is InChI=1S/C37H48N4O6S/c1-5-9-21-41(39-48(46,47)27-30-13-11-10-12-14-30)26-35(43)34(24-29-15-17-33(42)18-16-29)38-36(44)31-22-28(8-4)23-32(25-31)37(45)40(19-6-2)20-7-3/h4,10-18,22-23,25,34-35,39,42-43H,5-7,9,19-21,24,26-27H2,1-3H3,(H,38,44). The predicted molar refractivity (Wildman–Crippen MR) is 189 cm³/mol. The molecule has 4 N–H and O–H groups in total. The number of nitrogens with one attached hydrogen (secondary N) is 2. The van der Waals surface area contributed by atoms with Crippen molar-refractivity contribution < 1.29 is 28.2 Å². The van der Waals surface area contributed by atoms with Gasteiger partial charge in [0.1, 0.15) is 5.75 Å². The molecule has 11 heteroatoms. The van der Waals surface area contributed by atoms with E-state index in [-0.39, 0.29) is 35.9 Å². The molecular formula is C37H48N4O6S. The zero-order valence-electron chi connectivity index (χ0n) is 28.1. The quantitative estimate of drug-likeness (QED) is 0.109. The highest BCUT2D eigenvalue weighted by atomic mass is 32.2. The van der Waals surface area contributed by atoms with Crippen LogP contribution in [0.2, 0.25) is 0 Å². The van der Waals surface area contributed by atoms with Crippen molar-refractivity contribution in [2.45, 2.75) is 70.8 Å². The topological polar surface area (TPSA) is 139 Å². The maximum atomic E-state index is 13.8. The third kappa shape index (κ3) is 12.1. The third-order valence-corrected chi connectivity index (χ3v) is 8.96. The average Bonchev–Trinajstić information content (AvgIpc) is 3.07. The summed E-state index contributed by atoms with van der Waals surface area (Å²) in [5.74, 6) is 1.59. The average molecular weight is 677 g/mol. The third-order valence-electron chi connectivity index (χ3n) is 7.71. The number of sulfonamides is 1. The number of hydrazine groups is 1. The van der Waals surface area contributed by atoms with Crippen LogP contribution in [0.25, 0.3) is 0 Å². The molecule has 0 aliphatic heterocycles. The van der Waals surface area contributed by atoms with Crippen LogP contribution in [0.15, 0.2) is 72.8 Å². The minimum absolute atomic E-state index is 0.0712. The molecule has 0 fully saturated rings. The first-order valence-electron chi connectivity index (χ1n) is 16.4. The van der Waals surface area contributed by atoms with Crippen LogP contribution in [0.1, 0.15) is 83.9 Å². The van der Waals surface area contributed by atoms with E-state index in [1.165, 1.54) is 29.3 Å². The number of phenolic OH excluding ortho intramolecular Hbond substituents is 1. The molecule has 0 saturated carbocycles. The molecule has 3 aromatic rings. The number of phenols is 1. The molecule has 3 rings (SSSR count). The second-order valence-corrected chi connectivity index (χ2v) is 13.6. The van der Waals surface area contributed by atoms with Gasteiger partial charge in [-0.25, -0.2) is 13.4 Å². The number of hydrogen-bond acceptors (Lipinski definition) is 7. The van der Waals surface area contributed by atoms with Crippen LogP contribution in [0.3, 0.4) is 0 Å². The molecule has 0 heterocycles. The van der Waals surface area contributed by atoms with Gasteiger partial charge in [0.05, 0.1) is 17.9 Å². The Morgan fingerprint density at radius 1 is 0.875 bits per heavy atom. The van der Waals surface area contributed by atoms with Gasteiger partial charge in [-0.3, -0.25) is 9.59 Å². The van der Waals surface area contributed by atoms with Crippen molar-refractivity contribution in [1.82, 2.24) is 20.1 Å². The van der Waals surface area contributed by atoms with E-state index in [2.05, 4.69) is 16.1 Å². The van der Waals surface area contributed by atoms with Crippen LogP contribution in [-0.2, 0) is 22.2 Å². The number of rotatable bonds is 19. The van der Waals surface area contributed by atoms with E-state index in [4.69, 9.17) is 6.42 Å². The van der Waals surface area contributed by atoms with Crippen LogP contribution in [-0.4, -0.2) is 78.7 Å². The van der Waals surface area contributed by atoms with Crippen molar-refractivity contribution in [3.63, 3.8) is 0 Å². The Morgan fingerprint density at radius 2 is 1.52 bits per heavy atom. The van der Waals surface area contributed by atoms with E-state index < -0.39 is 28.1 Å². The molecule has 10 nitrogen and oxygen atoms in total. The molecule has 0 aliphatic rings. The minimum atomic E-state index is -3.81. The van der Waals surface area contributed by atoms with Gasteiger partial charge < -0.3 is 20.4 Å². The van der Waals surface area contributed by atoms with Gasteiger partial charge in [-0.2, -0.15) is 0 Å². The van der Waals surface area contributed by atoms with Crippen LogP contribution in [0, 0.1) is 12.3 Å². The molecule has 0 bridgehead atoms. The Labute approximate surface area is 285 Å². The Morgan fingerprint density at radius 3 is 2.12 bits per heavy atom. The molecular weight excluding hydrogens is 628 g/mol. The summed E-state index contributed by atoms with van der Waals surface area (Å²) in [6.07, 6.45) is 7.68. The van der Waals surface area contributed by atoms with E-state index in [0.717, 1.165) is 24.8 Å². The molecule has 48 heavy (non-hydrogen) atoms. The number of aliphatic hydroxyl groups is 1. The SMILES string of the molecule is C#Cc1cc(C(=O)NC(Cc2ccc(O)cc2)C(O)CN(CCCC)NS(=O)(=O)Cc2ccccc2)cc(C(=O)N(CCC)CCC)c1.